The van der Waals surface area contributed by atoms with E-state index in [0.717, 1.165) is 22.6 Å². The zero-order valence-corrected chi connectivity index (χ0v) is 8.18. The van der Waals surface area contributed by atoms with E-state index < -0.39 is 0 Å². The van der Waals surface area contributed by atoms with Crippen LogP contribution < -0.4 is 0 Å². The topological polar surface area (TPSA) is 59.4 Å². The standard InChI is InChI=1S/C10H9N5/c1-15-9(3-5-12-15)10-13-7-2-4-11-6-8(7)14-10/h2-6H,1H3,(H,13,14). The molecule has 3 aromatic heterocycles. The summed E-state index contributed by atoms with van der Waals surface area (Å²) in [5, 5.41) is 4.10. The van der Waals surface area contributed by atoms with E-state index in [-0.39, 0.29) is 0 Å². The number of H-pyrrole nitrogens is 1. The molecule has 0 saturated heterocycles. The van der Waals surface area contributed by atoms with Crippen molar-refractivity contribution in [3.8, 4) is 11.5 Å². The van der Waals surface area contributed by atoms with Gasteiger partial charge in [-0.3, -0.25) is 9.67 Å². The molecular formula is C10H9N5. The average molecular weight is 199 g/mol. The number of imidazole rings is 1. The maximum atomic E-state index is 4.46. The van der Waals surface area contributed by atoms with Gasteiger partial charge in [-0.15, -0.1) is 0 Å². The molecule has 0 spiro atoms. The maximum absolute atomic E-state index is 4.46. The second-order valence-corrected chi connectivity index (χ2v) is 3.32. The summed E-state index contributed by atoms with van der Waals surface area (Å²) in [6.45, 7) is 0. The molecule has 3 heterocycles. The van der Waals surface area contributed by atoms with Crippen LogP contribution in [0.5, 0.6) is 0 Å². The quantitative estimate of drug-likeness (QED) is 0.643. The van der Waals surface area contributed by atoms with Crippen molar-refractivity contribution in [1.82, 2.24) is 24.7 Å². The molecule has 0 amide bonds. The highest BCUT2D eigenvalue weighted by atomic mass is 15.3. The molecule has 0 atom stereocenters. The lowest BCUT2D eigenvalue weighted by molar-refractivity contribution is 0.771. The van der Waals surface area contributed by atoms with Gasteiger partial charge in [-0.1, -0.05) is 0 Å². The van der Waals surface area contributed by atoms with Crippen molar-refractivity contribution >= 4 is 11.0 Å². The fraction of sp³-hybridized carbons (Fsp3) is 0.100. The Morgan fingerprint density at radius 1 is 1.27 bits per heavy atom. The van der Waals surface area contributed by atoms with E-state index in [1.165, 1.54) is 0 Å². The first-order valence-corrected chi connectivity index (χ1v) is 4.63. The van der Waals surface area contributed by atoms with Crippen molar-refractivity contribution in [3.63, 3.8) is 0 Å². The number of fused-ring (bicyclic) bond motifs is 1. The van der Waals surface area contributed by atoms with E-state index in [2.05, 4.69) is 20.1 Å². The molecule has 5 heteroatoms. The van der Waals surface area contributed by atoms with Crippen molar-refractivity contribution in [2.45, 2.75) is 0 Å². The molecule has 15 heavy (non-hydrogen) atoms. The van der Waals surface area contributed by atoms with Gasteiger partial charge >= 0.3 is 0 Å². The molecule has 0 fully saturated rings. The lowest BCUT2D eigenvalue weighted by Crippen LogP contribution is -1.94. The number of hydrogen-bond donors (Lipinski definition) is 1. The van der Waals surface area contributed by atoms with Gasteiger partial charge in [0.1, 0.15) is 5.69 Å². The third-order valence-corrected chi connectivity index (χ3v) is 2.35. The minimum atomic E-state index is 0.818. The SMILES string of the molecule is Cn1nccc1-c1nc2ccncc2[nH]1. The second kappa shape index (κ2) is 2.91. The van der Waals surface area contributed by atoms with Crippen LogP contribution in [0, 0.1) is 0 Å². The number of pyridine rings is 1. The normalized spacial score (nSPS) is 11.0. The summed E-state index contributed by atoms with van der Waals surface area (Å²) < 4.78 is 1.78. The largest absolute Gasteiger partial charge is 0.335 e. The van der Waals surface area contributed by atoms with Crippen LogP contribution >= 0.6 is 0 Å². The molecule has 0 aliphatic rings. The Morgan fingerprint density at radius 2 is 2.20 bits per heavy atom. The molecule has 0 radical (unpaired) electrons. The number of hydrogen-bond acceptors (Lipinski definition) is 3. The Hall–Kier alpha value is -2.17. The maximum Gasteiger partial charge on any atom is 0.156 e. The third kappa shape index (κ3) is 1.20. The van der Waals surface area contributed by atoms with Gasteiger partial charge in [0, 0.05) is 19.4 Å². The van der Waals surface area contributed by atoms with Crippen LogP contribution in [0.2, 0.25) is 0 Å². The fourth-order valence-electron chi connectivity index (χ4n) is 1.58. The molecule has 0 aromatic carbocycles. The molecule has 0 aliphatic heterocycles. The van der Waals surface area contributed by atoms with Crippen molar-refractivity contribution in [3.05, 3.63) is 30.7 Å². The summed E-state index contributed by atoms with van der Waals surface area (Å²) in [5.41, 5.74) is 2.82. The van der Waals surface area contributed by atoms with E-state index in [1.54, 1.807) is 23.3 Å². The van der Waals surface area contributed by atoms with Crippen LogP contribution in [-0.2, 0) is 7.05 Å². The Balaban J connectivity index is 2.24. The molecule has 3 aromatic rings. The molecule has 3 rings (SSSR count). The van der Waals surface area contributed by atoms with E-state index in [1.807, 2.05) is 19.2 Å². The van der Waals surface area contributed by atoms with Crippen LogP contribution in [0.25, 0.3) is 22.6 Å². The monoisotopic (exact) mass is 199 g/mol. The van der Waals surface area contributed by atoms with Crippen LogP contribution in [0.3, 0.4) is 0 Å². The number of aromatic nitrogens is 5. The Labute approximate surface area is 85.8 Å². The first-order valence-electron chi connectivity index (χ1n) is 4.63. The molecule has 0 unspecified atom stereocenters. The Bertz CT molecular complexity index is 574. The lowest BCUT2D eigenvalue weighted by atomic mass is 10.4. The van der Waals surface area contributed by atoms with E-state index in [4.69, 9.17) is 0 Å². The van der Waals surface area contributed by atoms with Gasteiger partial charge in [0.15, 0.2) is 5.82 Å². The zero-order valence-electron chi connectivity index (χ0n) is 8.18. The molecular weight excluding hydrogens is 190 g/mol. The molecule has 0 bridgehead atoms. The third-order valence-electron chi connectivity index (χ3n) is 2.35. The first-order chi connectivity index (χ1) is 7.34. The second-order valence-electron chi connectivity index (χ2n) is 3.32. The van der Waals surface area contributed by atoms with Crippen LogP contribution in [-0.4, -0.2) is 24.7 Å². The minimum absolute atomic E-state index is 0.818. The smallest absolute Gasteiger partial charge is 0.156 e. The molecule has 1 N–H and O–H groups in total. The van der Waals surface area contributed by atoms with Crippen molar-refractivity contribution in [2.75, 3.05) is 0 Å². The molecule has 0 aliphatic carbocycles. The number of aryl methyl sites for hydroxylation is 1. The predicted octanol–water partition coefficient (Wildman–Crippen LogP) is 1.36. The Morgan fingerprint density at radius 3 is 2.93 bits per heavy atom. The van der Waals surface area contributed by atoms with E-state index in [0.29, 0.717) is 0 Å². The van der Waals surface area contributed by atoms with E-state index >= 15 is 0 Å². The highest BCUT2D eigenvalue weighted by Crippen LogP contribution is 2.18. The number of aromatic amines is 1. The van der Waals surface area contributed by atoms with Crippen molar-refractivity contribution < 1.29 is 0 Å². The summed E-state index contributed by atoms with van der Waals surface area (Å²) >= 11 is 0. The molecule has 74 valence electrons. The summed E-state index contributed by atoms with van der Waals surface area (Å²) in [6, 6.07) is 3.80. The summed E-state index contributed by atoms with van der Waals surface area (Å²) in [6.07, 6.45) is 5.25. The molecule has 0 saturated carbocycles. The van der Waals surface area contributed by atoms with Crippen molar-refractivity contribution in [1.29, 1.82) is 0 Å². The predicted molar refractivity (Wildman–Crippen MR) is 56.1 cm³/mol. The van der Waals surface area contributed by atoms with Gasteiger partial charge in [0.05, 0.1) is 17.2 Å². The van der Waals surface area contributed by atoms with Gasteiger partial charge in [0.2, 0.25) is 0 Å². The van der Waals surface area contributed by atoms with Crippen molar-refractivity contribution in [2.24, 2.45) is 7.05 Å². The van der Waals surface area contributed by atoms with E-state index in [9.17, 15) is 0 Å². The van der Waals surface area contributed by atoms with Gasteiger partial charge in [0.25, 0.3) is 0 Å². The first kappa shape index (κ1) is 8.16. The summed E-state index contributed by atoms with van der Waals surface area (Å²) in [4.78, 5) is 11.7. The van der Waals surface area contributed by atoms with Gasteiger partial charge in [-0.25, -0.2) is 4.98 Å². The number of rotatable bonds is 1. The van der Waals surface area contributed by atoms with Crippen LogP contribution in [0.1, 0.15) is 0 Å². The summed E-state index contributed by atoms with van der Waals surface area (Å²) in [7, 11) is 1.89. The number of nitrogens with zero attached hydrogens (tertiary/aromatic N) is 4. The Kier molecular flexibility index (Phi) is 1.58. The van der Waals surface area contributed by atoms with Gasteiger partial charge < -0.3 is 4.98 Å². The number of nitrogens with one attached hydrogen (secondary N) is 1. The van der Waals surface area contributed by atoms with Crippen LogP contribution in [0.15, 0.2) is 30.7 Å². The zero-order chi connectivity index (χ0) is 10.3. The van der Waals surface area contributed by atoms with Gasteiger partial charge in [-0.2, -0.15) is 5.10 Å². The molecule has 5 nitrogen and oxygen atoms in total. The average Bonchev–Trinajstić information content (AvgIpc) is 2.82. The highest BCUT2D eigenvalue weighted by molar-refractivity contribution is 5.77. The van der Waals surface area contributed by atoms with Crippen LogP contribution in [0.4, 0.5) is 0 Å². The summed E-state index contributed by atoms with van der Waals surface area (Å²) in [5.74, 6) is 0.818. The lowest BCUT2D eigenvalue weighted by Gasteiger charge is -1.95. The van der Waals surface area contributed by atoms with Gasteiger partial charge in [-0.05, 0) is 12.1 Å². The minimum Gasteiger partial charge on any atom is -0.335 e. The fourth-order valence-corrected chi connectivity index (χ4v) is 1.58. The highest BCUT2D eigenvalue weighted by Gasteiger charge is 2.07.